The number of carbonyl (C=O) groups excluding carboxylic acids is 1. The summed E-state index contributed by atoms with van der Waals surface area (Å²) in [7, 11) is 0. The van der Waals surface area contributed by atoms with E-state index in [0.29, 0.717) is 11.8 Å². The van der Waals surface area contributed by atoms with Gasteiger partial charge in [0, 0.05) is 19.0 Å². The molecule has 2 rings (SSSR count). The van der Waals surface area contributed by atoms with Gasteiger partial charge in [-0.2, -0.15) is 12.6 Å². The van der Waals surface area contributed by atoms with Crippen LogP contribution in [-0.4, -0.2) is 29.3 Å². The third-order valence-corrected chi connectivity index (χ3v) is 3.52. The van der Waals surface area contributed by atoms with E-state index in [0.717, 1.165) is 11.0 Å². The molecule has 1 atom stereocenters. The second-order valence-electron chi connectivity index (χ2n) is 4.34. The number of rotatable bonds is 3. The molecule has 1 saturated heterocycles. The van der Waals surface area contributed by atoms with Crippen LogP contribution < -0.4 is 4.90 Å². The zero-order valence-electron chi connectivity index (χ0n) is 9.77. The van der Waals surface area contributed by atoms with Crippen molar-refractivity contribution in [1.82, 2.24) is 0 Å². The molecule has 4 nitrogen and oxygen atoms in total. The summed E-state index contributed by atoms with van der Waals surface area (Å²) in [5.74, 6) is -3.60. The van der Waals surface area contributed by atoms with Gasteiger partial charge in [-0.25, -0.2) is 13.6 Å². The molecule has 1 amide bonds. The van der Waals surface area contributed by atoms with E-state index in [4.69, 9.17) is 5.11 Å². The smallest absolute Gasteiger partial charge is 0.340 e. The lowest BCUT2D eigenvalue weighted by Crippen LogP contribution is -2.27. The highest BCUT2D eigenvalue weighted by Crippen LogP contribution is 2.31. The third kappa shape index (κ3) is 2.56. The SMILES string of the molecule is O=C(O)c1c(F)cc(F)cc1N1CC(CS)CC1=O. The molecule has 0 spiro atoms. The van der Waals surface area contributed by atoms with E-state index >= 15 is 0 Å². The summed E-state index contributed by atoms with van der Waals surface area (Å²) in [4.78, 5) is 24.0. The van der Waals surface area contributed by atoms with Gasteiger partial charge in [0.2, 0.25) is 5.91 Å². The van der Waals surface area contributed by atoms with Crippen LogP contribution in [0.4, 0.5) is 14.5 Å². The van der Waals surface area contributed by atoms with E-state index < -0.39 is 23.2 Å². The molecule has 0 aliphatic carbocycles. The highest BCUT2D eigenvalue weighted by molar-refractivity contribution is 7.80. The quantitative estimate of drug-likeness (QED) is 0.835. The molecule has 1 unspecified atom stereocenters. The fourth-order valence-corrected chi connectivity index (χ4v) is 2.37. The highest BCUT2D eigenvalue weighted by atomic mass is 32.1. The van der Waals surface area contributed by atoms with Gasteiger partial charge in [-0.05, 0) is 17.7 Å². The van der Waals surface area contributed by atoms with Gasteiger partial charge in [0.25, 0.3) is 0 Å². The summed E-state index contributed by atoms with van der Waals surface area (Å²) in [6.07, 6.45) is 0.195. The van der Waals surface area contributed by atoms with Gasteiger partial charge < -0.3 is 10.0 Å². The standard InChI is InChI=1S/C12H11F2NO3S/c13-7-2-8(14)11(12(17)18)9(3-7)15-4-6(5-19)1-10(15)16/h2-3,6,19H,1,4-5H2,(H,17,18). The van der Waals surface area contributed by atoms with Crippen LogP contribution in [0.5, 0.6) is 0 Å². The van der Waals surface area contributed by atoms with Crippen LogP contribution in [0.25, 0.3) is 0 Å². The number of hydrogen-bond acceptors (Lipinski definition) is 3. The number of carboxylic acid groups (broad SMARTS) is 1. The number of amides is 1. The normalized spacial score (nSPS) is 19.0. The van der Waals surface area contributed by atoms with Crippen molar-refractivity contribution in [2.75, 3.05) is 17.2 Å². The Hall–Kier alpha value is -1.63. The zero-order chi connectivity index (χ0) is 14.2. The number of aromatic carboxylic acids is 1. The number of carbonyl (C=O) groups is 2. The average molecular weight is 287 g/mol. The van der Waals surface area contributed by atoms with Crippen LogP contribution in [0.3, 0.4) is 0 Å². The highest BCUT2D eigenvalue weighted by Gasteiger charge is 2.33. The predicted octanol–water partition coefficient (Wildman–Crippen LogP) is 1.95. The van der Waals surface area contributed by atoms with Gasteiger partial charge in [0.05, 0.1) is 5.69 Å². The van der Waals surface area contributed by atoms with Crippen molar-refractivity contribution >= 4 is 30.2 Å². The van der Waals surface area contributed by atoms with E-state index in [9.17, 15) is 18.4 Å². The maximum Gasteiger partial charge on any atom is 0.340 e. The predicted molar refractivity (Wildman–Crippen MR) is 67.6 cm³/mol. The number of benzene rings is 1. The molecule has 102 valence electrons. The Balaban J connectivity index is 2.50. The minimum atomic E-state index is -1.53. The molecule has 0 bridgehead atoms. The minimum Gasteiger partial charge on any atom is -0.478 e. The molecule has 0 radical (unpaired) electrons. The maximum absolute atomic E-state index is 13.5. The van der Waals surface area contributed by atoms with E-state index in [1.54, 1.807) is 0 Å². The van der Waals surface area contributed by atoms with Crippen molar-refractivity contribution in [2.24, 2.45) is 5.92 Å². The van der Waals surface area contributed by atoms with E-state index in [1.165, 1.54) is 0 Å². The zero-order valence-corrected chi connectivity index (χ0v) is 10.7. The number of anilines is 1. The van der Waals surface area contributed by atoms with Crippen molar-refractivity contribution in [3.63, 3.8) is 0 Å². The van der Waals surface area contributed by atoms with E-state index in [-0.39, 0.29) is 30.5 Å². The monoisotopic (exact) mass is 287 g/mol. The average Bonchev–Trinajstić information content (AvgIpc) is 2.68. The molecular formula is C12H11F2NO3S. The summed E-state index contributed by atoms with van der Waals surface area (Å²) in [5.41, 5.74) is -0.922. The Morgan fingerprint density at radius 3 is 2.68 bits per heavy atom. The third-order valence-electron chi connectivity index (χ3n) is 3.00. The van der Waals surface area contributed by atoms with Crippen molar-refractivity contribution < 1.29 is 23.5 Å². The van der Waals surface area contributed by atoms with Gasteiger partial charge in [-0.3, -0.25) is 4.79 Å². The summed E-state index contributed by atoms with van der Waals surface area (Å²) in [5, 5.41) is 8.99. The lowest BCUT2D eigenvalue weighted by molar-refractivity contribution is -0.117. The first kappa shape index (κ1) is 13.8. The van der Waals surface area contributed by atoms with E-state index in [2.05, 4.69) is 12.6 Å². The fraction of sp³-hybridized carbons (Fsp3) is 0.333. The molecule has 1 fully saturated rings. The molecule has 7 heteroatoms. The molecular weight excluding hydrogens is 276 g/mol. The van der Waals surface area contributed by atoms with Gasteiger partial charge in [0.15, 0.2) is 0 Å². The van der Waals surface area contributed by atoms with Crippen LogP contribution in [0.15, 0.2) is 12.1 Å². The topological polar surface area (TPSA) is 57.6 Å². The number of hydrogen-bond donors (Lipinski definition) is 2. The van der Waals surface area contributed by atoms with Gasteiger partial charge in [-0.15, -0.1) is 0 Å². The molecule has 1 N–H and O–H groups in total. The lowest BCUT2D eigenvalue weighted by atomic mass is 10.1. The molecule has 0 saturated carbocycles. The van der Waals surface area contributed by atoms with Crippen LogP contribution in [0, 0.1) is 17.6 Å². The number of carboxylic acids is 1. The van der Waals surface area contributed by atoms with Crippen molar-refractivity contribution in [1.29, 1.82) is 0 Å². The molecule has 19 heavy (non-hydrogen) atoms. The first-order valence-corrected chi connectivity index (χ1v) is 6.20. The van der Waals surface area contributed by atoms with Crippen molar-refractivity contribution in [3.8, 4) is 0 Å². The second-order valence-corrected chi connectivity index (χ2v) is 4.71. The molecule has 1 aliphatic heterocycles. The largest absolute Gasteiger partial charge is 0.478 e. The van der Waals surface area contributed by atoms with Crippen LogP contribution in [0.1, 0.15) is 16.8 Å². The minimum absolute atomic E-state index is 0.0520. The Morgan fingerprint density at radius 2 is 2.16 bits per heavy atom. The number of nitrogens with zero attached hydrogens (tertiary/aromatic N) is 1. The van der Waals surface area contributed by atoms with Gasteiger partial charge >= 0.3 is 5.97 Å². The molecule has 0 aromatic heterocycles. The molecule has 1 aliphatic rings. The second kappa shape index (κ2) is 5.16. The van der Waals surface area contributed by atoms with Gasteiger partial charge in [-0.1, -0.05) is 0 Å². The lowest BCUT2D eigenvalue weighted by Gasteiger charge is -2.19. The maximum atomic E-state index is 13.5. The molecule has 1 aromatic rings. The summed E-state index contributed by atoms with van der Waals surface area (Å²) >= 11 is 4.07. The summed E-state index contributed by atoms with van der Waals surface area (Å²) < 4.78 is 26.8. The Morgan fingerprint density at radius 1 is 1.47 bits per heavy atom. The first-order chi connectivity index (χ1) is 8.93. The fourth-order valence-electron chi connectivity index (χ4n) is 2.12. The molecule has 1 aromatic carbocycles. The summed E-state index contributed by atoms with van der Waals surface area (Å²) in [6, 6.07) is 1.36. The van der Waals surface area contributed by atoms with Crippen molar-refractivity contribution in [2.45, 2.75) is 6.42 Å². The van der Waals surface area contributed by atoms with Gasteiger partial charge in [0.1, 0.15) is 17.2 Å². The number of thiol groups is 1. The first-order valence-electron chi connectivity index (χ1n) is 5.57. The van der Waals surface area contributed by atoms with Crippen LogP contribution in [0.2, 0.25) is 0 Å². The Kier molecular flexibility index (Phi) is 3.75. The number of halogens is 2. The van der Waals surface area contributed by atoms with E-state index in [1.807, 2.05) is 0 Å². The van der Waals surface area contributed by atoms with Crippen LogP contribution >= 0.6 is 12.6 Å². The van der Waals surface area contributed by atoms with Crippen molar-refractivity contribution in [3.05, 3.63) is 29.3 Å². The Bertz CT molecular complexity index is 550. The molecule has 1 heterocycles. The Labute approximate surface area is 113 Å². The summed E-state index contributed by atoms with van der Waals surface area (Å²) in [6.45, 7) is 0.214. The van der Waals surface area contributed by atoms with Crippen LogP contribution in [-0.2, 0) is 4.79 Å².